The Morgan fingerprint density at radius 3 is 3.12 bits per heavy atom. The minimum atomic E-state index is 0.0342. The molecular weight excluding hydrogens is 234 g/mol. The number of aromatic nitrogens is 2. The van der Waals surface area contributed by atoms with Gasteiger partial charge in [-0.15, -0.1) is 11.3 Å². The number of aliphatic hydroxyl groups is 1. The van der Waals surface area contributed by atoms with Crippen molar-refractivity contribution in [2.24, 2.45) is 0 Å². The first-order valence-corrected chi connectivity index (χ1v) is 6.63. The van der Waals surface area contributed by atoms with E-state index in [1.165, 1.54) is 5.57 Å². The highest BCUT2D eigenvalue weighted by Gasteiger charge is 2.19. The molecule has 17 heavy (non-hydrogen) atoms. The van der Waals surface area contributed by atoms with Gasteiger partial charge in [-0.1, -0.05) is 11.6 Å². The van der Waals surface area contributed by atoms with Crippen LogP contribution in [-0.4, -0.2) is 27.6 Å². The van der Waals surface area contributed by atoms with Gasteiger partial charge < -0.3 is 10.0 Å². The molecule has 0 atom stereocenters. The van der Waals surface area contributed by atoms with Crippen LogP contribution in [0.2, 0.25) is 0 Å². The molecule has 4 nitrogen and oxygen atoms in total. The molecule has 1 aliphatic heterocycles. The summed E-state index contributed by atoms with van der Waals surface area (Å²) >= 11 is 1.60. The van der Waals surface area contributed by atoms with E-state index in [9.17, 15) is 5.11 Å². The van der Waals surface area contributed by atoms with Crippen molar-refractivity contribution in [3.8, 4) is 0 Å². The number of imidazole rings is 1. The first kappa shape index (κ1) is 10.8. The van der Waals surface area contributed by atoms with Crippen LogP contribution >= 0.6 is 11.3 Å². The van der Waals surface area contributed by atoms with Gasteiger partial charge in [0.25, 0.3) is 0 Å². The molecule has 0 saturated heterocycles. The number of rotatable bonds is 2. The van der Waals surface area contributed by atoms with Crippen LogP contribution < -0.4 is 4.90 Å². The maximum absolute atomic E-state index is 9.51. The van der Waals surface area contributed by atoms with E-state index in [-0.39, 0.29) is 6.61 Å². The van der Waals surface area contributed by atoms with Crippen molar-refractivity contribution >= 4 is 22.1 Å². The number of hydrogen-bond donors (Lipinski definition) is 1. The summed E-state index contributed by atoms with van der Waals surface area (Å²) in [5.74, 6) is 0.933. The third-order valence-electron chi connectivity index (χ3n) is 3.23. The molecule has 1 N–H and O–H groups in total. The van der Waals surface area contributed by atoms with E-state index in [2.05, 4.69) is 22.9 Å². The van der Waals surface area contributed by atoms with Gasteiger partial charge in [0.15, 0.2) is 10.8 Å². The third kappa shape index (κ3) is 1.75. The molecule has 0 unspecified atom stereocenters. The maximum atomic E-state index is 9.51. The van der Waals surface area contributed by atoms with Crippen molar-refractivity contribution in [1.82, 2.24) is 9.38 Å². The quantitative estimate of drug-likeness (QED) is 0.828. The maximum Gasteiger partial charge on any atom is 0.195 e. The van der Waals surface area contributed by atoms with E-state index >= 15 is 0 Å². The van der Waals surface area contributed by atoms with Crippen LogP contribution in [0.5, 0.6) is 0 Å². The zero-order chi connectivity index (χ0) is 11.8. The number of fused-ring (bicyclic) bond motifs is 1. The van der Waals surface area contributed by atoms with Gasteiger partial charge in [-0.25, -0.2) is 4.98 Å². The number of nitrogens with zero attached hydrogens (tertiary/aromatic N) is 3. The highest BCUT2D eigenvalue weighted by molar-refractivity contribution is 7.15. The Hall–Kier alpha value is -1.33. The molecule has 2 aromatic rings. The second kappa shape index (κ2) is 4.16. The van der Waals surface area contributed by atoms with Gasteiger partial charge in [-0.3, -0.25) is 4.40 Å². The SMILES string of the molecule is CC1=CCN(c2nc3sccn3c2CO)CC1. The molecule has 2 aromatic heterocycles. The molecule has 0 aliphatic carbocycles. The van der Waals surface area contributed by atoms with Gasteiger partial charge >= 0.3 is 0 Å². The van der Waals surface area contributed by atoms with E-state index in [0.29, 0.717) is 0 Å². The topological polar surface area (TPSA) is 40.8 Å². The Kier molecular flexibility index (Phi) is 2.64. The average molecular weight is 249 g/mol. The first-order chi connectivity index (χ1) is 8.29. The van der Waals surface area contributed by atoms with E-state index in [1.807, 2.05) is 16.0 Å². The highest BCUT2D eigenvalue weighted by atomic mass is 32.1. The number of aliphatic hydroxyl groups excluding tert-OH is 1. The summed E-state index contributed by atoms with van der Waals surface area (Å²) in [7, 11) is 0. The van der Waals surface area contributed by atoms with Crippen molar-refractivity contribution in [2.75, 3.05) is 18.0 Å². The highest BCUT2D eigenvalue weighted by Crippen LogP contribution is 2.26. The van der Waals surface area contributed by atoms with Crippen molar-refractivity contribution in [1.29, 1.82) is 0 Å². The number of anilines is 1. The lowest BCUT2D eigenvalue weighted by molar-refractivity contribution is 0.276. The van der Waals surface area contributed by atoms with Crippen LogP contribution in [-0.2, 0) is 6.61 Å². The van der Waals surface area contributed by atoms with Gasteiger partial charge in [-0.05, 0) is 13.3 Å². The second-order valence-corrected chi connectivity index (χ2v) is 5.22. The standard InChI is InChI=1S/C12H15N3OS/c1-9-2-4-14(5-3-9)11-10(8-16)15-6-7-17-12(15)13-11/h2,6-7,16H,3-5,8H2,1H3. The van der Waals surface area contributed by atoms with E-state index < -0.39 is 0 Å². The predicted molar refractivity (Wildman–Crippen MR) is 69.6 cm³/mol. The molecule has 5 heteroatoms. The fraction of sp³-hybridized carbons (Fsp3) is 0.417. The Morgan fingerprint density at radius 2 is 2.41 bits per heavy atom. The molecule has 0 aromatic carbocycles. The molecule has 0 radical (unpaired) electrons. The van der Waals surface area contributed by atoms with E-state index in [1.54, 1.807) is 11.3 Å². The molecular formula is C12H15N3OS. The van der Waals surface area contributed by atoms with Gasteiger partial charge in [0, 0.05) is 24.7 Å². The van der Waals surface area contributed by atoms with Crippen LogP contribution in [0.3, 0.4) is 0 Å². The molecule has 3 rings (SSSR count). The molecule has 1 aliphatic rings. The van der Waals surface area contributed by atoms with Crippen molar-refractivity contribution in [3.63, 3.8) is 0 Å². The Morgan fingerprint density at radius 1 is 1.53 bits per heavy atom. The smallest absolute Gasteiger partial charge is 0.195 e. The molecule has 0 fully saturated rings. The molecule has 90 valence electrons. The van der Waals surface area contributed by atoms with Gasteiger partial charge in [-0.2, -0.15) is 0 Å². The largest absolute Gasteiger partial charge is 0.390 e. The summed E-state index contributed by atoms with van der Waals surface area (Å²) in [5.41, 5.74) is 2.34. The summed E-state index contributed by atoms with van der Waals surface area (Å²) in [6.45, 7) is 4.08. The van der Waals surface area contributed by atoms with Gasteiger partial charge in [0.1, 0.15) is 0 Å². The van der Waals surface area contributed by atoms with Crippen LogP contribution in [0, 0.1) is 0 Å². The lowest BCUT2D eigenvalue weighted by Gasteiger charge is -2.26. The lowest BCUT2D eigenvalue weighted by Crippen LogP contribution is -2.29. The average Bonchev–Trinajstić information content (AvgIpc) is 2.89. The summed E-state index contributed by atoms with van der Waals surface area (Å²) in [5, 5.41) is 11.5. The van der Waals surface area contributed by atoms with Crippen LogP contribution in [0.15, 0.2) is 23.2 Å². The third-order valence-corrected chi connectivity index (χ3v) is 3.98. The lowest BCUT2D eigenvalue weighted by atomic mass is 10.1. The molecule has 0 saturated carbocycles. The van der Waals surface area contributed by atoms with Gasteiger partial charge in [0.2, 0.25) is 0 Å². The van der Waals surface area contributed by atoms with E-state index in [4.69, 9.17) is 0 Å². The zero-order valence-corrected chi connectivity index (χ0v) is 10.6. The van der Waals surface area contributed by atoms with E-state index in [0.717, 1.165) is 36.0 Å². The van der Waals surface area contributed by atoms with Crippen molar-refractivity contribution < 1.29 is 5.11 Å². The first-order valence-electron chi connectivity index (χ1n) is 5.75. The van der Waals surface area contributed by atoms with Crippen molar-refractivity contribution in [3.05, 3.63) is 28.9 Å². The minimum Gasteiger partial charge on any atom is -0.390 e. The summed E-state index contributed by atoms with van der Waals surface area (Å²) in [4.78, 5) is 7.80. The van der Waals surface area contributed by atoms with Crippen LogP contribution in [0.4, 0.5) is 5.82 Å². The fourth-order valence-electron chi connectivity index (χ4n) is 2.18. The number of thiazole rings is 1. The zero-order valence-electron chi connectivity index (χ0n) is 9.76. The van der Waals surface area contributed by atoms with Crippen LogP contribution in [0.1, 0.15) is 19.0 Å². The molecule has 3 heterocycles. The Balaban J connectivity index is 2.02. The van der Waals surface area contributed by atoms with Gasteiger partial charge in [0.05, 0.1) is 12.3 Å². The van der Waals surface area contributed by atoms with Crippen molar-refractivity contribution in [2.45, 2.75) is 20.0 Å². The summed E-state index contributed by atoms with van der Waals surface area (Å²) in [6.07, 6.45) is 5.28. The Labute approximate surface area is 104 Å². The predicted octanol–water partition coefficient (Wildman–Crippen LogP) is 2.04. The Bertz CT molecular complexity index is 569. The van der Waals surface area contributed by atoms with Crippen LogP contribution in [0.25, 0.3) is 4.96 Å². The summed E-state index contributed by atoms with van der Waals surface area (Å²) in [6, 6.07) is 0. The minimum absolute atomic E-state index is 0.0342. The fourth-order valence-corrected chi connectivity index (χ4v) is 2.91. The summed E-state index contributed by atoms with van der Waals surface area (Å²) < 4.78 is 1.98. The molecule has 0 spiro atoms. The molecule has 0 amide bonds. The normalized spacial score (nSPS) is 16.6. The second-order valence-electron chi connectivity index (χ2n) is 4.34. The monoisotopic (exact) mass is 249 g/mol. The molecule has 0 bridgehead atoms. The number of hydrogen-bond acceptors (Lipinski definition) is 4.